The molecule has 0 heterocycles. The fourth-order valence-electron chi connectivity index (χ4n) is 4.09. The van der Waals surface area contributed by atoms with Crippen LogP contribution in [0.2, 0.25) is 0 Å². The Morgan fingerprint density at radius 3 is 1.75 bits per heavy atom. The third-order valence-corrected chi connectivity index (χ3v) is 5.68. The van der Waals surface area contributed by atoms with Gasteiger partial charge < -0.3 is 15.3 Å². The number of aliphatic hydroxyl groups is 2. The summed E-state index contributed by atoms with van der Waals surface area (Å²) in [6, 6.07) is 0. The summed E-state index contributed by atoms with van der Waals surface area (Å²) >= 11 is 0. The number of rotatable bonds is 5. The summed E-state index contributed by atoms with van der Waals surface area (Å²) in [6.45, 7) is 0.465. The van der Waals surface area contributed by atoms with Gasteiger partial charge in [-0.2, -0.15) is 0 Å². The Bertz CT molecular complexity index is 312. The summed E-state index contributed by atoms with van der Waals surface area (Å²) in [4.78, 5) is 11.8. The van der Waals surface area contributed by atoms with Crippen LogP contribution in [0.5, 0.6) is 0 Å². The number of hydrogen-bond acceptors (Lipinski definition) is 3. The highest BCUT2D eigenvalue weighted by atomic mass is 16.4. The molecule has 20 heavy (non-hydrogen) atoms. The Balaban J connectivity index is 1.92. The van der Waals surface area contributed by atoms with Crippen molar-refractivity contribution in [2.24, 2.45) is 23.2 Å². The molecule has 116 valence electrons. The van der Waals surface area contributed by atoms with E-state index in [-0.39, 0.29) is 13.2 Å². The van der Waals surface area contributed by atoms with Crippen LogP contribution in [0.15, 0.2) is 0 Å². The Kier molecular flexibility index (Phi) is 5.44. The molecule has 2 saturated carbocycles. The van der Waals surface area contributed by atoms with Crippen molar-refractivity contribution in [1.82, 2.24) is 0 Å². The van der Waals surface area contributed by atoms with Gasteiger partial charge in [-0.25, -0.2) is 0 Å². The largest absolute Gasteiger partial charge is 0.481 e. The molecule has 0 saturated heterocycles. The first-order valence-corrected chi connectivity index (χ1v) is 8.05. The van der Waals surface area contributed by atoms with Gasteiger partial charge in [0.2, 0.25) is 0 Å². The van der Waals surface area contributed by atoms with Crippen molar-refractivity contribution in [2.75, 3.05) is 13.2 Å². The predicted molar refractivity (Wildman–Crippen MR) is 76.3 cm³/mol. The number of carboxylic acid groups (broad SMARTS) is 1. The standard InChI is InChI=1S/C16H28O4/c17-10-13-3-1-12(2-4-13)9-16(15(19)20)7-5-14(11-18)6-8-16/h12-14,17-18H,1-11H2,(H,19,20). The zero-order chi connectivity index (χ0) is 14.6. The first-order chi connectivity index (χ1) is 9.59. The second kappa shape index (κ2) is 6.90. The van der Waals surface area contributed by atoms with Crippen LogP contribution in [-0.4, -0.2) is 34.5 Å². The van der Waals surface area contributed by atoms with Gasteiger partial charge in [0.25, 0.3) is 0 Å². The van der Waals surface area contributed by atoms with E-state index in [0.717, 1.165) is 44.9 Å². The van der Waals surface area contributed by atoms with E-state index in [2.05, 4.69) is 0 Å². The molecular weight excluding hydrogens is 256 g/mol. The molecule has 0 spiro atoms. The molecule has 0 radical (unpaired) electrons. The Labute approximate surface area is 121 Å². The van der Waals surface area contributed by atoms with Crippen molar-refractivity contribution in [3.63, 3.8) is 0 Å². The van der Waals surface area contributed by atoms with E-state index in [4.69, 9.17) is 0 Å². The lowest BCUT2D eigenvalue weighted by Crippen LogP contribution is -2.38. The number of aliphatic hydroxyl groups excluding tert-OH is 2. The zero-order valence-electron chi connectivity index (χ0n) is 12.3. The fraction of sp³-hybridized carbons (Fsp3) is 0.938. The minimum absolute atomic E-state index is 0.192. The molecule has 0 amide bonds. The minimum Gasteiger partial charge on any atom is -0.481 e. The van der Waals surface area contributed by atoms with Gasteiger partial charge in [0.1, 0.15) is 0 Å². The van der Waals surface area contributed by atoms with Crippen molar-refractivity contribution in [3.8, 4) is 0 Å². The third kappa shape index (κ3) is 3.53. The molecule has 0 atom stereocenters. The molecule has 3 N–H and O–H groups in total. The summed E-state index contributed by atoms with van der Waals surface area (Å²) in [7, 11) is 0. The lowest BCUT2D eigenvalue weighted by molar-refractivity contribution is -0.153. The molecule has 2 aliphatic rings. The predicted octanol–water partition coefficient (Wildman–Crippen LogP) is 2.43. The van der Waals surface area contributed by atoms with E-state index < -0.39 is 11.4 Å². The maximum absolute atomic E-state index is 11.8. The van der Waals surface area contributed by atoms with Gasteiger partial charge in [-0.15, -0.1) is 0 Å². The monoisotopic (exact) mass is 284 g/mol. The second-order valence-corrected chi connectivity index (χ2v) is 6.98. The van der Waals surface area contributed by atoms with E-state index >= 15 is 0 Å². The SMILES string of the molecule is O=C(O)C1(CC2CCC(CO)CC2)CCC(CO)CC1. The second-order valence-electron chi connectivity index (χ2n) is 6.98. The molecule has 4 nitrogen and oxygen atoms in total. The number of hydrogen-bond donors (Lipinski definition) is 3. The van der Waals surface area contributed by atoms with Crippen molar-refractivity contribution < 1.29 is 20.1 Å². The van der Waals surface area contributed by atoms with Crippen molar-refractivity contribution in [1.29, 1.82) is 0 Å². The molecule has 0 aromatic heterocycles. The van der Waals surface area contributed by atoms with E-state index in [0.29, 0.717) is 30.6 Å². The molecule has 0 aromatic rings. The Morgan fingerprint density at radius 2 is 1.30 bits per heavy atom. The lowest BCUT2D eigenvalue weighted by Gasteiger charge is -2.40. The summed E-state index contributed by atoms with van der Waals surface area (Å²) < 4.78 is 0. The van der Waals surface area contributed by atoms with Crippen LogP contribution in [0, 0.1) is 23.2 Å². The molecule has 0 unspecified atom stereocenters. The lowest BCUT2D eigenvalue weighted by atomic mass is 9.64. The van der Waals surface area contributed by atoms with E-state index in [1.54, 1.807) is 0 Å². The molecule has 4 heteroatoms. The molecular formula is C16H28O4. The number of aliphatic carboxylic acids is 1. The van der Waals surface area contributed by atoms with Crippen molar-refractivity contribution in [2.45, 2.75) is 57.8 Å². The highest BCUT2D eigenvalue weighted by Gasteiger charge is 2.43. The average molecular weight is 284 g/mol. The maximum Gasteiger partial charge on any atom is 0.309 e. The molecule has 2 rings (SSSR count). The van der Waals surface area contributed by atoms with E-state index in [1.807, 2.05) is 0 Å². The molecule has 0 aromatic carbocycles. The molecule has 0 bridgehead atoms. The normalized spacial score (nSPS) is 38.6. The van der Waals surface area contributed by atoms with Crippen molar-refractivity contribution >= 4 is 5.97 Å². The summed E-state index contributed by atoms with van der Waals surface area (Å²) in [5, 5.41) is 28.1. The van der Waals surface area contributed by atoms with Gasteiger partial charge in [-0.3, -0.25) is 4.79 Å². The van der Waals surface area contributed by atoms with Crippen LogP contribution in [0.3, 0.4) is 0 Å². The number of carbonyl (C=O) groups is 1. The van der Waals surface area contributed by atoms with Crippen LogP contribution in [-0.2, 0) is 4.79 Å². The quantitative estimate of drug-likeness (QED) is 0.724. The highest BCUT2D eigenvalue weighted by Crippen LogP contribution is 2.46. The number of carboxylic acids is 1. The topological polar surface area (TPSA) is 77.8 Å². The fourth-order valence-corrected chi connectivity index (χ4v) is 4.09. The average Bonchev–Trinajstić information content (AvgIpc) is 2.48. The van der Waals surface area contributed by atoms with Gasteiger partial charge in [-0.05, 0) is 62.7 Å². The Morgan fingerprint density at radius 1 is 0.850 bits per heavy atom. The third-order valence-electron chi connectivity index (χ3n) is 5.68. The maximum atomic E-state index is 11.8. The van der Waals surface area contributed by atoms with E-state index in [9.17, 15) is 20.1 Å². The Hall–Kier alpha value is -0.610. The van der Waals surface area contributed by atoms with Crippen LogP contribution >= 0.6 is 0 Å². The first-order valence-electron chi connectivity index (χ1n) is 8.05. The zero-order valence-corrected chi connectivity index (χ0v) is 12.3. The summed E-state index contributed by atoms with van der Waals surface area (Å²) in [6.07, 6.45) is 8.10. The van der Waals surface area contributed by atoms with Crippen LogP contribution in [0.4, 0.5) is 0 Å². The van der Waals surface area contributed by atoms with Crippen LogP contribution in [0.25, 0.3) is 0 Å². The molecule has 2 fully saturated rings. The van der Waals surface area contributed by atoms with Crippen LogP contribution in [0.1, 0.15) is 57.8 Å². The van der Waals surface area contributed by atoms with Crippen LogP contribution < -0.4 is 0 Å². The smallest absolute Gasteiger partial charge is 0.309 e. The first kappa shape index (κ1) is 15.8. The summed E-state index contributed by atoms with van der Waals surface area (Å²) in [5.74, 6) is 0.586. The minimum atomic E-state index is -0.641. The van der Waals surface area contributed by atoms with Gasteiger partial charge in [0.05, 0.1) is 5.41 Å². The van der Waals surface area contributed by atoms with Crippen molar-refractivity contribution in [3.05, 3.63) is 0 Å². The molecule has 0 aliphatic heterocycles. The highest BCUT2D eigenvalue weighted by molar-refractivity contribution is 5.74. The van der Waals surface area contributed by atoms with Gasteiger partial charge in [-0.1, -0.05) is 12.8 Å². The molecule has 2 aliphatic carbocycles. The summed E-state index contributed by atoms with van der Waals surface area (Å²) in [5.41, 5.74) is -0.553. The van der Waals surface area contributed by atoms with Gasteiger partial charge >= 0.3 is 5.97 Å². The van der Waals surface area contributed by atoms with Gasteiger partial charge in [0, 0.05) is 13.2 Å². The van der Waals surface area contributed by atoms with Gasteiger partial charge in [0.15, 0.2) is 0 Å². The van der Waals surface area contributed by atoms with E-state index in [1.165, 1.54) is 0 Å².